The van der Waals surface area contributed by atoms with Gasteiger partial charge in [-0.25, -0.2) is 0 Å². The normalized spacial score (nSPS) is 16.7. The Hall–Kier alpha value is -1.37. The molecule has 6 heteroatoms. The Morgan fingerprint density at radius 1 is 1.17 bits per heavy atom. The molecule has 1 fully saturated rings. The van der Waals surface area contributed by atoms with E-state index in [1.807, 2.05) is 0 Å². The van der Waals surface area contributed by atoms with Crippen LogP contribution in [0.5, 0.6) is 0 Å². The molecule has 0 aliphatic carbocycles. The first kappa shape index (κ1) is 19.0. The predicted molar refractivity (Wildman–Crippen MR) is 105 cm³/mol. The fourth-order valence-electron chi connectivity index (χ4n) is 2.91. The minimum atomic E-state index is 0.474. The van der Waals surface area contributed by atoms with Gasteiger partial charge in [0, 0.05) is 64.7 Å². The van der Waals surface area contributed by atoms with Crippen molar-refractivity contribution in [2.75, 3.05) is 57.9 Å². The molecular weight excluding hydrogens is 320 g/mol. The van der Waals surface area contributed by atoms with E-state index < -0.39 is 0 Å². The van der Waals surface area contributed by atoms with Crippen LogP contribution in [0.25, 0.3) is 0 Å². The lowest BCUT2D eigenvalue weighted by molar-refractivity contribution is 0.195. The van der Waals surface area contributed by atoms with Crippen molar-refractivity contribution in [1.82, 2.24) is 15.5 Å². The quantitative estimate of drug-likeness (QED) is 0.549. The van der Waals surface area contributed by atoms with Crippen molar-refractivity contribution in [1.29, 1.82) is 0 Å². The molecule has 1 saturated heterocycles. The van der Waals surface area contributed by atoms with Crippen LogP contribution in [-0.2, 0) is 4.74 Å². The highest BCUT2D eigenvalue weighted by Gasteiger charge is 2.21. The van der Waals surface area contributed by atoms with Crippen molar-refractivity contribution in [3.8, 4) is 0 Å². The maximum atomic E-state index is 5.32. The number of thiocarbonyl (C=S) groups is 1. The molecule has 1 atom stereocenters. The molecule has 5 nitrogen and oxygen atoms in total. The Labute approximate surface area is 151 Å². The summed E-state index contributed by atoms with van der Waals surface area (Å²) >= 11 is 5.32. The molecule has 1 aliphatic rings. The molecule has 1 aliphatic heterocycles. The van der Waals surface area contributed by atoms with Crippen LogP contribution in [0.3, 0.4) is 0 Å². The molecule has 1 aromatic carbocycles. The van der Waals surface area contributed by atoms with Crippen LogP contribution in [0.4, 0.5) is 5.69 Å². The van der Waals surface area contributed by atoms with Crippen molar-refractivity contribution in [3.05, 3.63) is 30.3 Å². The number of methoxy groups -OCH3 is 1. The lowest BCUT2D eigenvalue weighted by Gasteiger charge is -2.39. The van der Waals surface area contributed by atoms with Gasteiger partial charge in [-0.2, -0.15) is 0 Å². The molecule has 2 rings (SSSR count). The van der Waals surface area contributed by atoms with E-state index in [9.17, 15) is 0 Å². The van der Waals surface area contributed by atoms with Crippen molar-refractivity contribution < 1.29 is 4.74 Å². The summed E-state index contributed by atoms with van der Waals surface area (Å²) < 4.78 is 5.03. The lowest BCUT2D eigenvalue weighted by atomic mass is 10.2. The van der Waals surface area contributed by atoms with Gasteiger partial charge in [0.1, 0.15) is 0 Å². The zero-order chi connectivity index (χ0) is 17.2. The Morgan fingerprint density at radius 2 is 1.88 bits per heavy atom. The smallest absolute Gasteiger partial charge is 0.166 e. The zero-order valence-corrected chi connectivity index (χ0v) is 15.6. The summed E-state index contributed by atoms with van der Waals surface area (Å²) in [7, 11) is 1.72. The molecule has 0 bridgehead atoms. The van der Waals surface area contributed by atoms with Crippen LogP contribution < -0.4 is 15.5 Å². The van der Waals surface area contributed by atoms with E-state index in [0.29, 0.717) is 6.04 Å². The first-order valence-electron chi connectivity index (χ1n) is 8.75. The van der Waals surface area contributed by atoms with Gasteiger partial charge in [0.05, 0.1) is 0 Å². The third kappa shape index (κ3) is 6.26. The molecule has 0 amide bonds. The molecule has 1 aromatic rings. The second kappa shape index (κ2) is 10.5. The van der Waals surface area contributed by atoms with Crippen molar-refractivity contribution in [2.45, 2.75) is 19.4 Å². The van der Waals surface area contributed by atoms with Gasteiger partial charge in [0.15, 0.2) is 5.11 Å². The summed E-state index contributed by atoms with van der Waals surface area (Å²) in [6, 6.07) is 11.1. The lowest BCUT2D eigenvalue weighted by Crippen LogP contribution is -2.53. The van der Waals surface area contributed by atoms with E-state index in [2.05, 4.69) is 57.7 Å². The van der Waals surface area contributed by atoms with E-state index >= 15 is 0 Å². The Kier molecular flexibility index (Phi) is 8.28. The van der Waals surface area contributed by atoms with Gasteiger partial charge in [-0.1, -0.05) is 18.2 Å². The number of benzene rings is 1. The number of piperazine rings is 1. The molecule has 2 N–H and O–H groups in total. The topological polar surface area (TPSA) is 39.8 Å². The molecule has 134 valence electrons. The van der Waals surface area contributed by atoms with Gasteiger partial charge < -0.3 is 20.3 Å². The molecule has 1 heterocycles. The molecule has 0 radical (unpaired) electrons. The average Bonchev–Trinajstić information content (AvgIpc) is 2.64. The van der Waals surface area contributed by atoms with E-state index in [4.69, 9.17) is 17.0 Å². The third-order valence-corrected chi connectivity index (χ3v) is 4.72. The van der Waals surface area contributed by atoms with Crippen LogP contribution in [-0.4, -0.2) is 69.0 Å². The molecule has 0 aromatic heterocycles. The Bertz CT molecular complexity index is 477. The van der Waals surface area contributed by atoms with Gasteiger partial charge in [0.25, 0.3) is 0 Å². The maximum Gasteiger partial charge on any atom is 0.166 e. The molecule has 0 spiro atoms. The van der Waals surface area contributed by atoms with Gasteiger partial charge in [0.2, 0.25) is 0 Å². The fourth-order valence-corrected chi connectivity index (χ4v) is 3.10. The van der Waals surface area contributed by atoms with Gasteiger partial charge in [-0.15, -0.1) is 0 Å². The summed E-state index contributed by atoms with van der Waals surface area (Å²) in [4.78, 5) is 4.98. The minimum Gasteiger partial charge on any atom is -0.385 e. The highest BCUT2D eigenvalue weighted by Crippen LogP contribution is 2.16. The minimum absolute atomic E-state index is 0.474. The Balaban J connectivity index is 1.64. The monoisotopic (exact) mass is 350 g/mol. The van der Waals surface area contributed by atoms with Crippen molar-refractivity contribution in [3.63, 3.8) is 0 Å². The van der Waals surface area contributed by atoms with Gasteiger partial charge >= 0.3 is 0 Å². The van der Waals surface area contributed by atoms with Crippen molar-refractivity contribution in [2.24, 2.45) is 0 Å². The third-order valence-electron chi connectivity index (χ3n) is 4.43. The van der Waals surface area contributed by atoms with Crippen LogP contribution >= 0.6 is 12.2 Å². The SMILES string of the molecule is COCCCNC(=S)NC[C@@H](C)N1CCN(c2ccccc2)CC1. The van der Waals surface area contributed by atoms with Crippen molar-refractivity contribution >= 4 is 23.0 Å². The summed E-state index contributed by atoms with van der Waals surface area (Å²) in [6.07, 6.45) is 0.968. The standard InChI is InChI=1S/C18H30N4OS/c1-16(15-20-18(24)19-9-6-14-23-2)21-10-12-22(13-11-21)17-7-4-3-5-8-17/h3-5,7-8,16H,6,9-15H2,1-2H3,(H2,19,20,24)/t16-/m1/s1. The average molecular weight is 351 g/mol. The second-order valence-corrected chi connectivity index (χ2v) is 6.60. The molecule has 0 unspecified atom stereocenters. The number of nitrogens with zero attached hydrogens (tertiary/aromatic N) is 2. The largest absolute Gasteiger partial charge is 0.385 e. The summed E-state index contributed by atoms with van der Waals surface area (Å²) in [5.41, 5.74) is 1.32. The summed E-state index contributed by atoms with van der Waals surface area (Å²) in [6.45, 7) is 9.08. The summed E-state index contributed by atoms with van der Waals surface area (Å²) in [5, 5.41) is 7.28. The number of para-hydroxylation sites is 1. The highest BCUT2D eigenvalue weighted by atomic mass is 32.1. The summed E-state index contributed by atoms with van der Waals surface area (Å²) in [5.74, 6) is 0. The molecule has 24 heavy (non-hydrogen) atoms. The number of rotatable bonds is 8. The van der Waals surface area contributed by atoms with Crippen LogP contribution in [0.1, 0.15) is 13.3 Å². The van der Waals surface area contributed by atoms with E-state index in [1.54, 1.807) is 7.11 Å². The first-order chi connectivity index (χ1) is 11.7. The number of ether oxygens (including phenoxy) is 1. The predicted octanol–water partition coefficient (Wildman–Crippen LogP) is 1.70. The Morgan fingerprint density at radius 3 is 2.54 bits per heavy atom. The van der Waals surface area contributed by atoms with E-state index in [-0.39, 0.29) is 0 Å². The maximum absolute atomic E-state index is 5.32. The number of hydrogen-bond donors (Lipinski definition) is 2. The fraction of sp³-hybridized carbons (Fsp3) is 0.611. The number of nitrogens with one attached hydrogen (secondary N) is 2. The highest BCUT2D eigenvalue weighted by molar-refractivity contribution is 7.80. The zero-order valence-electron chi connectivity index (χ0n) is 14.8. The molecule has 0 saturated carbocycles. The van der Waals surface area contributed by atoms with Gasteiger partial charge in [-0.3, -0.25) is 4.90 Å². The first-order valence-corrected chi connectivity index (χ1v) is 9.16. The van der Waals surface area contributed by atoms with Gasteiger partial charge in [-0.05, 0) is 37.7 Å². The van der Waals surface area contributed by atoms with Crippen LogP contribution in [0.15, 0.2) is 30.3 Å². The van der Waals surface area contributed by atoms with E-state index in [0.717, 1.165) is 57.4 Å². The number of anilines is 1. The van der Waals surface area contributed by atoms with Crippen LogP contribution in [0.2, 0.25) is 0 Å². The van der Waals surface area contributed by atoms with E-state index in [1.165, 1.54) is 5.69 Å². The second-order valence-electron chi connectivity index (χ2n) is 6.19. The number of hydrogen-bond acceptors (Lipinski definition) is 4. The van der Waals surface area contributed by atoms with Crippen LogP contribution in [0, 0.1) is 0 Å². The molecular formula is C18H30N4OS.